The molecule has 2 heterocycles. The van der Waals surface area contributed by atoms with Crippen molar-refractivity contribution in [2.45, 2.75) is 26.7 Å². The number of imidazole rings is 1. The van der Waals surface area contributed by atoms with Gasteiger partial charge < -0.3 is 5.73 Å². The molecule has 2 N–H and O–H groups in total. The van der Waals surface area contributed by atoms with Crippen LogP contribution >= 0.6 is 11.3 Å². The van der Waals surface area contributed by atoms with E-state index in [2.05, 4.69) is 42.5 Å². The summed E-state index contributed by atoms with van der Waals surface area (Å²) in [6.45, 7) is 5.12. The average molecular weight is 273 g/mol. The maximum absolute atomic E-state index is 5.72. The number of aromatic nitrogens is 2. The van der Waals surface area contributed by atoms with E-state index in [9.17, 15) is 0 Å². The Morgan fingerprint density at radius 3 is 2.84 bits per heavy atom. The van der Waals surface area contributed by atoms with E-state index in [-0.39, 0.29) is 0 Å². The second-order valence-electron chi connectivity index (χ2n) is 5.32. The minimum Gasteiger partial charge on any atom is -0.330 e. The summed E-state index contributed by atoms with van der Waals surface area (Å²) in [6.07, 6.45) is 1.86. The predicted octanol–water partition coefficient (Wildman–Crippen LogP) is 3.25. The maximum Gasteiger partial charge on any atom is 0.124 e. The van der Waals surface area contributed by atoms with Crippen LogP contribution in [0, 0.1) is 5.92 Å². The van der Waals surface area contributed by atoms with Crippen molar-refractivity contribution in [1.82, 2.24) is 9.38 Å². The summed E-state index contributed by atoms with van der Waals surface area (Å²) in [5, 5.41) is 0. The van der Waals surface area contributed by atoms with E-state index in [1.165, 1.54) is 20.7 Å². The zero-order chi connectivity index (χ0) is 13.4. The molecule has 19 heavy (non-hydrogen) atoms. The quantitative estimate of drug-likeness (QED) is 0.793. The van der Waals surface area contributed by atoms with Gasteiger partial charge in [-0.15, -0.1) is 11.3 Å². The number of thiazole rings is 1. The number of rotatable bonds is 4. The molecule has 0 saturated carbocycles. The van der Waals surface area contributed by atoms with Gasteiger partial charge in [0, 0.05) is 6.42 Å². The van der Waals surface area contributed by atoms with Gasteiger partial charge in [-0.2, -0.15) is 0 Å². The van der Waals surface area contributed by atoms with Crippen LogP contribution in [-0.4, -0.2) is 15.9 Å². The lowest BCUT2D eigenvalue weighted by Gasteiger charge is -1.99. The Hall–Kier alpha value is -1.39. The first-order valence-electron chi connectivity index (χ1n) is 6.78. The van der Waals surface area contributed by atoms with Gasteiger partial charge in [-0.1, -0.05) is 26.0 Å². The van der Waals surface area contributed by atoms with Gasteiger partial charge in [-0.05, 0) is 31.0 Å². The van der Waals surface area contributed by atoms with Gasteiger partial charge in [0.25, 0.3) is 0 Å². The fraction of sp³-hybridized carbons (Fsp3) is 0.400. The molecule has 0 aliphatic carbocycles. The van der Waals surface area contributed by atoms with Crippen molar-refractivity contribution in [3.05, 3.63) is 35.8 Å². The van der Waals surface area contributed by atoms with Crippen LogP contribution in [0.15, 0.2) is 24.3 Å². The van der Waals surface area contributed by atoms with Gasteiger partial charge in [-0.3, -0.25) is 4.40 Å². The van der Waals surface area contributed by atoms with Crippen molar-refractivity contribution < 1.29 is 0 Å². The summed E-state index contributed by atoms with van der Waals surface area (Å²) in [6, 6.07) is 8.53. The Labute approximate surface area is 117 Å². The number of hydrogen-bond donors (Lipinski definition) is 1. The molecular weight excluding hydrogens is 254 g/mol. The molecule has 0 unspecified atom stereocenters. The fourth-order valence-electron chi connectivity index (χ4n) is 2.50. The second-order valence-corrected chi connectivity index (χ2v) is 6.35. The van der Waals surface area contributed by atoms with E-state index in [0.29, 0.717) is 12.5 Å². The molecule has 0 saturated heterocycles. The van der Waals surface area contributed by atoms with Crippen LogP contribution in [0.25, 0.3) is 15.0 Å². The van der Waals surface area contributed by atoms with Crippen molar-refractivity contribution in [3.63, 3.8) is 0 Å². The Bertz CT molecular complexity index is 709. The number of benzene rings is 1. The molecule has 4 heteroatoms. The summed E-state index contributed by atoms with van der Waals surface area (Å²) in [4.78, 5) is 6.11. The Balaban J connectivity index is 2.27. The first kappa shape index (κ1) is 12.6. The van der Waals surface area contributed by atoms with E-state index < -0.39 is 0 Å². The Morgan fingerprint density at radius 1 is 1.32 bits per heavy atom. The van der Waals surface area contributed by atoms with Crippen molar-refractivity contribution in [1.29, 1.82) is 0 Å². The molecule has 0 bridgehead atoms. The molecule has 0 aliphatic heterocycles. The Morgan fingerprint density at radius 2 is 2.11 bits per heavy atom. The summed E-state index contributed by atoms with van der Waals surface area (Å²) in [5.74, 6) is 1.72. The first-order valence-corrected chi connectivity index (χ1v) is 7.60. The van der Waals surface area contributed by atoms with E-state index in [4.69, 9.17) is 10.7 Å². The van der Waals surface area contributed by atoms with Gasteiger partial charge in [0.1, 0.15) is 10.7 Å². The highest BCUT2D eigenvalue weighted by Crippen LogP contribution is 2.31. The van der Waals surface area contributed by atoms with Gasteiger partial charge >= 0.3 is 0 Å². The topological polar surface area (TPSA) is 43.3 Å². The van der Waals surface area contributed by atoms with Gasteiger partial charge in [0.2, 0.25) is 0 Å². The minimum absolute atomic E-state index is 0.620. The summed E-state index contributed by atoms with van der Waals surface area (Å²) >= 11 is 1.84. The SMILES string of the molecule is CC(C)Cc1nc(CCN)n2c1sc1ccccc12. The van der Waals surface area contributed by atoms with Crippen molar-refractivity contribution in [3.8, 4) is 0 Å². The summed E-state index contributed by atoms with van der Waals surface area (Å²) in [7, 11) is 0. The molecule has 1 aromatic carbocycles. The standard InChI is InChI=1S/C15H19N3S/c1-10(2)9-11-15-18(14(17-11)7-8-16)12-5-3-4-6-13(12)19-15/h3-6,10H,7-9,16H2,1-2H3. The van der Waals surface area contributed by atoms with Crippen LogP contribution in [-0.2, 0) is 12.8 Å². The average Bonchev–Trinajstić information content (AvgIpc) is 2.89. The number of nitrogens with zero attached hydrogens (tertiary/aromatic N) is 2. The molecule has 3 nitrogen and oxygen atoms in total. The highest BCUT2D eigenvalue weighted by Gasteiger charge is 2.16. The molecule has 0 atom stereocenters. The van der Waals surface area contributed by atoms with Crippen molar-refractivity contribution >= 4 is 26.4 Å². The van der Waals surface area contributed by atoms with E-state index in [1.807, 2.05) is 11.3 Å². The van der Waals surface area contributed by atoms with E-state index in [1.54, 1.807) is 0 Å². The molecule has 0 radical (unpaired) electrons. The number of fused-ring (bicyclic) bond motifs is 3. The van der Waals surface area contributed by atoms with Crippen LogP contribution in [0.2, 0.25) is 0 Å². The monoisotopic (exact) mass is 273 g/mol. The highest BCUT2D eigenvalue weighted by atomic mass is 32.1. The highest BCUT2D eigenvalue weighted by molar-refractivity contribution is 7.24. The predicted molar refractivity (Wildman–Crippen MR) is 81.9 cm³/mol. The molecular formula is C15H19N3S. The van der Waals surface area contributed by atoms with Crippen molar-refractivity contribution in [2.24, 2.45) is 11.7 Å². The zero-order valence-electron chi connectivity index (χ0n) is 11.4. The van der Waals surface area contributed by atoms with Crippen LogP contribution < -0.4 is 5.73 Å². The smallest absolute Gasteiger partial charge is 0.124 e. The summed E-state index contributed by atoms with van der Waals surface area (Å²) in [5.41, 5.74) is 8.20. The maximum atomic E-state index is 5.72. The van der Waals surface area contributed by atoms with Crippen LogP contribution in [0.4, 0.5) is 0 Å². The number of nitrogens with two attached hydrogens (primary N) is 1. The lowest BCUT2D eigenvalue weighted by atomic mass is 10.1. The van der Waals surface area contributed by atoms with E-state index in [0.717, 1.165) is 18.7 Å². The van der Waals surface area contributed by atoms with Gasteiger partial charge in [0.05, 0.1) is 15.9 Å². The molecule has 0 aliphatic rings. The summed E-state index contributed by atoms with van der Waals surface area (Å²) < 4.78 is 3.62. The third-order valence-electron chi connectivity index (χ3n) is 3.25. The van der Waals surface area contributed by atoms with E-state index >= 15 is 0 Å². The second kappa shape index (κ2) is 4.94. The number of para-hydroxylation sites is 1. The first-order chi connectivity index (χ1) is 9.20. The molecule has 3 aromatic rings. The fourth-order valence-corrected chi connectivity index (χ4v) is 3.66. The lowest BCUT2D eigenvalue weighted by Crippen LogP contribution is -2.06. The van der Waals surface area contributed by atoms with Crippen molar-refractivity contribution in [2.75, 3.05) is 6.54 Å². The van der Waals surface area contributed by atoms with Crippen LogP contribution in [0.5, 0.6) is 0 Å². The zero-order valence-corrected chi connectivity index (χ0v) is 12.2. The molecule has 0 fully saturated rings. The third kappa shape index (κ3) is 2.15. The Kier molecular flexibility index (Phi) is 3.29. The van der Waals surface area contributed by atoms with Gasteiger partial charge in [-0.25, -0.2) is 4.98 Å². The van der Waals surface area contributed by atoms with Crippen LogP contribution in [0.1, 0.15) is 25.4 Å². The number of hydrogen-bond acceptors (Lipinski definition) is 3. The van der Waals surface area contributed by atoms with Crippen LogP contribution in [0.3, 0.4) is 0 Å². The lowest BCUT2D eigenvalue weighted by molar-refractivity contribution is 0.639. The molecule has 0 amide bonds. The molecule has 3 rings (SSSR count). The molecule has 100 valence electrons. The molecule has 0 spiro atoms. The largest absolute Gasteiger partial charge is 0.330 e. The normalized spacial score (nSPS) is 12.0. The third-order valence-corrected chi connectivity index (χ3v) is 4.43. The minimum atomic E-state index is 0.620. The molecule has 2 aromatic heterocycles. The van der Waals surface area contributed by atoms with Gasteiger partial charge in [0.15, 0.2) is 0 Å².